The molecule has 3 aliphatic heterocycles. The van der Waals surface area contributed by atoms with Crippen LogP contribution in [0.3, 0.4) is 0 Å². The van der Waals surface area contributed by atoms with E-state index in [1.54, 1.807) is 0 Å². The van der Waals surface area contributed by atoms with Crippen LogP contribution in [0, 0.1) is 0 Å². The molecule has 0 aromatic rings. The highest BCUT2D eigenvalue weighted by Gasteiger charge is 2.56. The third-order valence-electron chi connectivity index (χ3n) is 1.84. The number of thioether (sulfide) groups is 1. The number of fused-ring (bicyclic) bond motifs is 1. The van der Waals surface area contributed by atoms with E-state index in [9.17, 15) is 4.79 Å². The standard InChI is InChI=1S/C5H7NO2S/c7-4(8)5-1-3(9-5)2-6-5/h3,6H,1-2H2,(H,7,8)/t3?,5-/m1/s1. The minimum absolute atomic E-state index is 0.570. The molecule has 3 aliphatic rings. The Morgan fingerprint density at radius 2 is 2.56 bits per heavy atom. The highest BCUT2D eigenvalue weighted by molar-refractivity contribution is 8.03. The minimum atomic E-state index is -0.707. The second-order valence-electron chi connectivity index (χ2n) is 2.46. The lowest BCUT2D eigenvalue weighted by molar-refractivity contribution is -0.140. The van der Waals surface area contributed by atoms with Crippen molar-refractivity contribution in [3.05, 3.63) is 0 Å². The van der Waals surface area contributed by atoms with E-state index in [0.717, 1.165) is 13.0 Å². The predicted octanol–water partition coefficient (Wildman–Crippen LogP) is -0.124. The largest absolute Gasteiger partial charge is 0.479 e. The summed E-state index contributed by atoms with van der Waals surface area (Å²) in [5.74, 6) is -0.707. The van der Waals surface area contributed by atoms with Gasteiger partial charge in [0.15, 0.2) is 4.87 Å². The molecule has 0 amide bonds. The van der Waals surface area contributed by atoms with Gasteiger partial charge in [-0.1, -0.05) is 0 Å². The lowest BCUT2D eigenvalue weighted by Crippen LogP contribution is -2.47. The SMILES string of the molecule is O=C(O)[C@]12CC(CN1)S2. The minimum Gasteiger partial charge on any atom is -0.479 e. The zero-order valence-corrected chi connectivity index (χ0v) is 5.57. The summed E-state index contributed by atoms with van der Waals surface area (Å²) < 4.78 is 0. The molecule has 0 aromatic heterocycles. The average molecular weight is 145 g/mol. The molecule has 3 fully saturated rings. The average Bonchev–Trinajstić information content (AvgIpc) is 2.13. The Morgan fingerprint density at radius 1 is 1.89 bits per heavy atom. The van der Waals surface area contributed by atoms with E-state index < -0.39 is 10.8 Å². The third kappa shape index (κ3) is 0.548. The molecule has 2 N–H and O–H groups in total. The van der Waals surface area contributed by atoms with Crippen molar-refractivity contribution < 1.29 is 9.90 Å². The first-order valence-corrected chi connectivity index (χ1v) is 3.77. The summed E-state index contributed by atoms with van der Waals surface area (Å²) in [7, 11) is 0. The van der Waals surface area contributed by atoms with Crippen molar-refractivity contribution in [1.82, 2.24) is 5.32 Å². The van der Waals surface area contributed by atoms with Crippen LogP contribution in [0.4, 0.5) is 0 Å². The molecule has 0 aromatic carbocycles. The highest BCUT2D eigenvalue weighted by atomic mass is 32.2. The molecule has 9 heavy (non-hydrogen) atoms. The van der Waals surface area contributed by atoms with Crippen molar-refractivity contribution in [3.8, 4) is 0 Å². The van der Waals surface area contributed by atoms with E-state index in [1.807, 2.05) is 0 Å². The fourth-order valence-electron chi connectivity index (χ4n) is 1.32. The fourth-order valence-corrected chi connectivity index (χ4v) is 2.65. The Labute approximate surface area is 56.8 Å². The van der Waals surface area contributed by atoms with Gasteiger partial charge in [-0.2, -0.15) is 0 Å². The number of aliphatic carboxylic acids is 1. The van der Waals surface area contributed by atoms with E-state index in [1.165, 1.54) is 11.8 Å². The Balaban J connectivity index is 2.19. The first-order valence-electron chi connectivity index (χ1n) is 2.89. The summed E-state index contributed by atoms with van der Waals surface area (Å²) in [6.45, 7) is 0.872. The van der Waals surface area contributed by atoms with Crippen molar-refractivity contribution >= 4 is 17.7 Å². The molecule has 0 aliphatic carbocycles. The first-order chi connectivity index (χ1) is 4.23. The number of carbonyl (C=O) groups is 1. The van der Waals surface area contributed by atoms with Crippen LogP contribution in [0.15, 0.2) is 0 Å². The van der Waals surface area contributed by atoms with E-state index in [0.29, 0.717) is 5.25 Å². The van der Waals surface area contributed by atoms with Crippen molar-refractivity contribution in [2.45, 2.75) is 16.5 Å². The molecule has 3 nitrogen and oxygen atoms in total. The van der Waals surface area contributed by atoms with Gasteiger partial charge in [0, 0.05) is 11.8 Å². The summed E-state index contributed by atoms with van der Waals surface area (Å²) in [5, 5.41) is 12.2. The number of carboxylic acids is 1. The van der Waals surface area contributed by atoms with Crippen LogP contribution in [0.25, 0.3) is 0 Å². The first kappa shape index (κ1) is 5.56. The normalized spacial score (nSPS) is 46.4. The van der Waals surface area contributed by atoms with Crippen molar-refractivity contribution in [3.63, 3.8) is 0 Å². The molecule has 0 saturated carbocycles. The molecular formula is C5H7NO2S. The molecule has 3 saturated heterocycles. The zero-order valence-electron chi connectivity index (χ0n) is 4.76. The van der Waals surface area contributed by atoms with Crippen molar-refractivity contribution in [1.29, 1.82) is 0 Å². The van der Waals surface area contributed by atoms with Crippen LogP contribution in [0.5, 0.6) is 0 Å². The topological polar surface area (TPSA) is 49.3 Å². The van der Waals surface area contributed by atoms with E-state index in [4.69, 9.17) is 5.11 Å². The molecule has 0 radical (unpaired) electrons. The van der Waals surface area contributed by atoms with Gasteiger partial charge in [0.1, 0.15) is 0 Å². The molecule has 50 valence electrons. The molecule has 3 heterocycles. The zero-order chi connectivity index (χ0) is 6.48. The maximum absolute atomic E-state index is 10.5. The Morgan fingerprint density at radius 3 is 2.78 bits per heavy atom. The van der Waals surface area contributed by atoms with E-state index >= 15 is 0 Å². The predicted molar refractivity (Wildman–Crippen MR) is 34.4 cm³/mol. The summed E-state index contributed by atoms with van der Waals surface area (Å²) >= 11 is 1.54. The third-order valence-corrected chi connectivity index (χ3v) is 3.40. The molecule has 2 atom stereocenters. The van der Waals surface area contributed by atoms with Crippen LogP contribution >= 0.6 is 11.8 Å². The number of carboxylic acid groups (broad SMARTS) is 1. The quantitative estimate of drug-likeness (QED) is 0.540. The van der Waals surface area contributed by atoms with Gasteiger partial charge in [0.2, 0.25) is 0 Å². The molecule has 1 unspecified atom stereocenters. The van der Waals surface area contributed by atoms with Gasteiger partial charge in [-0.3, -0.25) is 5.32 Å². The maximum Gasteiger partial charge on any atom is 0.334 e. The lowest BCUT2D eigenvalue weighted by Gasteiger charge is -2.31. The molecule has 3 rings (SSSR count). The van der Waals surface area contributed by atoms with Crippen molar-refractivity contribution in [2.75, 3.05) is 6.54 Å². The highest BCUT2D eigenvalue weighted by Crippen LogP contribution is 2.49. The second-order valence-corrected chi connectivity index (χ2v) is 4.06. The van der Waals surface area contributed by atoms with Gasteiger partial charge in [-0.05, 0) is 6.42 Å². The molecule has 4 heteroatoms. The summed E-state index contributed by atoms with van der Waals surface area (Å²) in [4.78, 5) is 9.90. The van der Waals surface area contributed by atoms with Crippen LogP contribution in [0.1, 0.15) is 6.42 Å². The van der Waals surface area contributed by atoms with E-state index in [2.05, 4.69) is 5.32 Å². The Kier molecular flexibility index (Phi) is 0.887. The molecular weight excluding hydrogens is 138 g/mol. The van der Waals surface area contributed by atoms with Gasteiger partial charge in [0.05, 0.1) is 0 Å². The fraction of sp³-hybridized carbons (Fsp3) is 0.800. The maximum atomic E-state index is 10.5. The van der Waals surface area contributed by atoms with Gasteiger partial charge in [-0.25, -0.2) is 4.79 Å². The van der Waals surface area contributed by atoms with Crippen LogP contribution in [0.2, 0.25) is 0 Å². The second kappa shape index (κ2) is 1.44. The van der Waals surface area contributed by atoms with Crippen LogP contribution in [-0.2, 0) is 4.79 Å². The Hall–Kier alpha value is -0.220. The van der Waals surface area contributed by atoms with E-state index in [-0.39, 0.29) is 0 Å². The summed E-state index contributed by atoms with van der Waals surface area (Å²) in [6, 6.07) is 0. The molecule has 2 bridgehead atoms. The number of hydrogen-bond acceptors (Lipinski definition) is 3. The Bertz CT molecular complexity index is 159. The van der Waals surface area contributed by atoms with Gasteiger partial charge in [-0.15, -0.1) is 11.8 Å². The molecule has 0 spiro atoms. The number of hydrogen-bond donors (Lipinski definition) is 2. The number of nitrogens with one attached hydrogen (secondary N) is 1. The summed E-state index contributed by atoms with van der Waals surface area (Å²) in [6.07, 6.45) is 0.812. The smallest absolute Gasteiger partial charge is 0.334 e. The van der Waals surface area contributed by atoms with Gasteiger partial charge >= 0.3 is 5.97 Å². The van der Waals surface area contributed by atoms with Crippen molar-refractivity contribution in [2.24, 2.45) is 0 Å². The summed E-state index contributed by atoms with van der Waals surface area (Å²) in [5.41, 5.74) is 0. The van der Waals surface area contributed by atoms with Crippen LogP contribution in [-0.4, -0.2) is 27.7 Å². The number of rotatable bonds is 1. The van der Waals surface area contributed by atoms with Gasteiger partial charge < -0.3 is 5.11 Å². The van der Waals surface area contributed by atoms with Crippen LogP contribution < -0.4 is 5.32 Å². The lowest BCUT2D eigenvalue weighted by atomic mass is 10.2. The van der Waals surface area contributed by atoms with Gasteiger partial charge in [0.25, 0.3) is 0 Å². The monoisotopic (exact) mass is 145 g/mol.